The molecule has 3 amide bonds. The van der Waals surface area contributed by atoms with Crippen molar-refractivity contribution in [3.05, 3.63) is 52.0 Å². The fourth-order valence-electron chi connectivity index (χ4n) is 2.70. The molecule has 9 heteroatoms. The van der Waals surface area contributed by atoms with Crippen molar-refractivity contribution in [1.29, 1.82) is 0 Å². The van der Waals surface area contributed by atoms with Crippen LogP contribution in [-0.4, -0.2) is 43.6 Å². The number of ether oxygens (including phenoxy) is 2. The second-order valence-corrected chi connectivity index (χ2v) is 7.10. The molecule has 0 unspecified atom stereocenters. The smallest absolute Gasteiger partial charge is 0.325 e. The van der Waals surface area contributed by atoms with Crippen molar-refractivity contribution in [3.63, 3.8) is 0 Å². The van der Waals surface area contributed by atoms with Gasteiger partial charge in [0, 0.05) is 18.3 Å². The Bertz CT molecular complexity index is 891. The molecule has 0 spiro atoms. The van der Waals surface area contributed by atoms with Crippen molar-refractivity contribution >= 4 is 40.8 Å². The lowest BCUT2D eigenvalue weighted by Crippen LogP contribution is -2.40. The fraction of sp³-hybridized carbons (Fsp3) is 0.263. The van der Waals surface area contributed by atoms with Crippen LogP contribution in [0.2, 0.25) is 10.0 Å². The summed E-state index contributed by atoms with van der Waals surface area (Å²) in [6.07, 6.45) is 0. The van der Waals surface area contributed by atoms with E-state index in [1.165, 1.54) is 0 Å². The quantitative estimate of drug-likeness (QED) is 0.768. The van der Waals surface area contributed by atoms with Gasteiger partial charge in [-0.25, -0.2) is 4.79 Å². The summed E-state index contributed by atoms with van der Waals surface area (Å²) < 4.78 is 10.9. The number of benzene rings is 2. The van der Waals surface area contributed by atoms with E-state index in [1.54, 1.807) is 42.3 Å². The van der Waals surface area contributed by atoms with Gasteiger partial charge in [-0.05, 0) is 36.9 Å². The first-order valence-corrected chi connectivity index (χ1v) is 9.29. The maximum absolute atomic E-state index is 12.1. The summed E-state index contributed by atoms with van der Waals surface area (Å²) in [7, 11) is 1.76. The van der Waals surface area contributed by atoms with E-state index in [4.69, 9.17) is 32.7 Å². The minimum Gasteiger partial charge on any atom is -0.486 e. The standard InChI is InChI=1S/C19H19Cl2N3O4/c1-24(10-12-2-4-14(20)15(21)8-12)11-18(25)23-19(26)22-13-3-5-16-17(9-13)28-7-6-27-16/h2-5,8-9H,6-7,10-11H2,1H3,(H2,22,23,25,26). The number of nitrogens with zero attached hydrogens (tertiary/aromatic N) is 1. The summed E-state index contributed by atoms with van der Waals surface area (Å²) in [5, 5.41) is 5.83. The average molecular weight is 424 g/mol. The molecular weight excluding hydrogens is 405 g/mol. The molecule has 2 aromatic carbocycles. The summed E-state index contributed by atoms with van der Waals surface area (Å²) in [6.45, 7) is 1.46. The van der Waals surface area contributed by atoms with Gasteiger partial charge in [0.05, 0.1) is 16.6 Å². The number of rotatable bonds is 5. The molecule has 0 saturated heterocycles. The molecule has 1 heterocycles. The van der Waals surface area contributed by atoms with Crippen LogP contribution in [0.1, 0.15) is 5.56 Å². The largest absolute Gasteiger partial charge is 0.486 e. The van der Waals surface area contributed by atoms with E-state index in [0.29, 0.717) is 47.0 Å². The van der Waals surface area contributed by atoms with Gasteiger partial charge in [-0.2, -0.15) is 0 Å². The Morgan fingerprint density at radius 2 is 1.79 bits per heavy atom. The average Bonchev–Trinajstić information content (AvgIpc) is 2.64. The molecule has 2 N–H and O–H groups in total. The zero-order valence-electron chi connectivity index (χ0n) is 15.1. The van der Waals surface area contributed by atoms with Gasteiger partial charge in [0.15, 0.2) is 11.5 Å². The zero-order chi connectivity index (χ0) is 20.1. The molecule has 0 aliphatic carbocycles. The molecule has 0 saturated carbocycles. The third-order valence-corrected chi connectivity index (χ3v) is 4.64. The van der Waals surface area contributed by atoms with E-state index < -0.39 is 11.9 Å². The number of carbonyl (C=O) groups is 2. The molecule has 0 aromatic heterocycles. The van der Waals surface area contributed by atoms with Crippen LogP contribution in [0, 0.1) is 0 Å². The van der Waals surface area contributed by atoms with Gasteiger partial charge in [0.2, 0.25) is 5.91 Å². The van der Waals surface area contributed by atoms with Gasteiger partial charge < -0.3 is 14.8 Å². The summed E-state index contributed by atoms with van der Waals surface area (Å²) in [5.74, 6) is 0.742. The first-order chi connectivity index (χ1) is 13.4. The number of imide groups is 1. The Labute approximate surface area is 172 Å². The van der Waals surface area contributed by atoms with Crippen molar-refractivity contribution in [3.8, 4) is 11.5 Å². The highest BCUT2D eigenvalue weighted by molar-refractivity contribution is 6.42. The van der Waals surface area contributed by atoms with Crippen molar-refractivity contribution in [2.45, 2.75) is 6.54 Å². The number of anilines is 1. The second kappa shape index (κ2) is 9.14. The summed E-state index contributed by atoms with van der Waals surface area (Å²) in [4.78, 5) is 25.9. The molecule has 0 atom stereocenters. The van der Waals surface area contributed by atoms with Crippen LogP contribution in [0.4, 0.5) is 10.5 Å². The lowest BCUT2D eigenvalue weighted by atomic mass is 10.2. The maximum atomic E-state index is 12.1. The monoisotopic (exact) mass is 423 g/mol. The third kappa shape index (κ3) is 5.51. The van der Waals surface area contributed by atoms with Crippen LogP contribution in [0.25, 0.3) is 0 Å². The first-order valence-electron chi connectivity index (χ1n) is 8.53. The number of urea groups is 1. The Kier molecular flexibility index (Phi) is 6.61. The molecule has 2 aromatic rings. The number of likely N-dealkylation sites (N-methyl/N-ethyl adjacent to an activating group) is 1. The van der Waals surface area contributed by atoms with E-state index in [9.17, 15) is 9.59 Å². The summed E-state index contributed by atoms with van der Waals surface area (Å²) >= 11 is 11.9. The second-order valence-electron chi connectivity index (χ2n) is 6.28. The molecular formula is C19H19Cl2N3O4. The number of hydrogen-bond acceptors (Lipinski definition) is 5. The van der Waals surface area contributed by atoms with Gasteiger partial charge in [-0.3, -0.25) is 15.0 Å². The highest BCUT2D eigenvalue weighted by Crippen LogP contribution is 2.32. The van der Waals surface area contributed by atoms with Crippen molar-refractivity contribution in [2.75, 3.05) is 32.1 Å². The number of amides is 3. The van der Waals surface area contributed by atoms with E-state index in [-0.39, 0.29) is 6.54 Å². The van der Waals surface area contributed by atoms with Gasteiger partial charge >= 0.3 is 6.03 Å². The Morgan fingerprint density at radius 3 is 2.54 bits per heavy atom. The molecule has 28 heavy (non-hydrogen) atoms. The number of nitrogens with one attached hydrogen (secondary N) is 2. The topological polar surface area (TPSA) is 79.9 Å². The molecule has 0 radical (unpaired) electrons. The van der Waals surface area contributed by atoms with Crippen LogP contribution in [0.3, 0.4) is 0 Å². The van der Waals surface area contributed by atoms with Crippen LogP contribution in [-0.2, 0) is 11.3 Å². The summed E-state index contributed by atoms with van der Waals surface area (Å²) in [5.41, 5.74) is 1.41. The van der Waals surface area contributed by atoms with Crippen LogP contribution >= 0.6 is 23.2 Å². The minimum absolute atomic E-state index is 0.0365. The molecule has 148 valence electrons. The third-order valence-electron chi connectivity index (χ3n) is 3.90. The van der Waals surface area contributed by atoms with Crippen molar-refractivity contribution < 1.29 is 19.1 Å². The van der Waals surface area contributed by atoms with Gasteiger partial charge in [0.1, 0.15) is 13.2 Å². The number of fused-ring (bicyclic) bond motifs is 1. The van der Waals surface area contributed by atoms with Gasteiger partial charge in [0.25, 0.3) is 0 Å². The van der Waals surface area contributed by atoms with Crippen LogP contribution < -0.4 is 20.1 Å². The van der Waals surface area contributed by atoms with E-state index in [2.05, 4.69) is 10.6 Å². The molecule has 0 bridgehead atoms. The minimum atomic E-state index is -0.621. The normalized spacial score (nSPS) is 12.6. The molecule has 1 aliphatic rings. The predicted molar refractivity (Wildman–Crippen MR) is 107 cm³/mol. The molecule has 1 aliphatic heterocycles. The molecule has 7 nitrogen and oxygen atoms in total. The lowest BCUT2D eigenvalue weighted by Gasteiger charge is -2.19. The van der Waals surface area contributed by atoms with E-state index in [0.717, 1.165) is 5.56 Å². The zero-order valence-corrected chi connectivity index (χ0v) is 16.6. The maximum Gasteiger partial charge on any atom is 0.325 e. The molecule has 3 rings (SSSR count). The van der Waals surface area contributed by atoms with Gasteiger partial charge in [-0.1, -0.05) is 29.3 Å². The number of carbonyl (C=O) groups excluding carboxylic acids is 2. The Hall–Kier alpha value is -2.48. The van der Waals surface area contributed by atoms with E-state index >= 15 is 0 Å². The highest BCUT2D eigenvalue weighted by Gasteiger charge is 2.15. The predicted octanol–water partition coefficient (Wildman–Crippen LogP) is 3.54. The van der Waals surface area contributed by atoms with Crippen LogP contribution in [0.15, 0.2) is 36.4 Å². The highest BCUT2D eigenvalue weighted by atomic mass is 35.5. The van der Waals surface area contributed by atoms with Gasteiger partial charge in [-0.15, -0.1) is 0 Å². The van der Waals surface area contributed by atoms with E-state index in [1.807, 2.05) is 6.07 Å². The Balaban J connectivity index is 1.48. The Morgan fingerprint density at radius 1 is 1.04 bits per heavy atom. The van der Waals surface area contributed by atoms with Crippen LogP contribution in [0.5, 0.6) is 11.5 Å². The lowest BCUT2D eigenvalue weighted by molar-refractivity contribution is -0.120. The summed E-state index contributed by atoms with van der Waals surface area (Å²) in [6, 6.07) is 9.68. The molecule has 0 fully saturated rings. The fourth-order valence-corrected chi connectivity index (χ4v) is 3.02. The number of halogens is 2. The number of hydrogen-bond donors (Lipinski definition) is 2. The first kappa shape index (κ1) is 20.3. The van der Waals surface area contributed by atoms with Crippen molar-refractivity contribution in [2.24, 2.45) is 0 Å². The SMILES string of the molecule is CN(CC(=O)NC(=O)Nc1ccc2c(c1)OCCO2)Cc1ccc(Cl)c(Cl)c1. The van der Waals surface area contributed by atoms with Crippen molar-refractivity contribution in [1.82, 2.24) is 10.2 Å².